The van der Waals surface area contributed by atoms with E-state index in [-0.39, 0.29) is 23.9 Å². The van der Waals surface area contributed by atoms with E-state index in [1.807, 2.05) is 24.3 Å². The molecule has 3 rings (SSSR count). The molecule has 0 bridgehead atoms. The van der Waals surface area contributed by atoms with Gasteiger partial charge in [-0.25, -0.2) is 8.42 Å². The number of benzene rings is 3. The van der Waals surface area contributed by atoms with Crippen molar-refractivity contribution in [3.05, 3.63) is 94.0 Å². The lowest BCUT2D eigenvalue weighted by molar-refractivity contribution is -0.130. The number of halogens is 2. The van der Waals surface area contributed by atoms with Crippen LogP contribution in [0.4, 0.5) is 0 Å². The van der Waals surface area contributed by atoms with E-state index < -0.39 is 10.0 Å². The molecule has 3 aromatic rings. The van der Waals surface area contributed by atoms with E-state index in [0.717, 1.165) is 15.6 Å². The third-order valence-corrected chi connectivity index (χ3v) is 7.31. The van der Waals surface area contributed by atoms with Crippen LogP contribution in [0.3, 0.4) is 0 Å². The number of methoxy groups -OCH3 is 1. The van der Waals surface area contributed by atoms with Gasteiger partial charge in [-0.15, -0.1) is 0 Å². The van der Waals surface area contributed by atoms with Gasteiger partial charge in [0, 0.05) is 30.2 Å². The highest BCUT2D eigenvalue weighted by Gasteiger charge is 2.28. The smallest absolute Gasteiger partial charge is 0.243 e. The lowest BCUT2D eigenvalue weighted by atomic mass is 10.2. The van der Waals surface area contributed by atoms with Gasteiger partial charge < -0.3 is 9.64 Å². The summed E-state index contributed by atoms with van der Waals surface area (Å²) < 4.78 is 33.1. The minimum atomic E-state index is -3.97. The van der Waals surface area contributed by atoms with Crippen LogP contribution in [0.25, 0.3) is 0 Å². The van der Waals surface area contributed by atoms with E-state index in [1.54, 1.807) is 38.4 Å². The van der Waals surface area contributed by atoms with Crippen LogP contribution in [0.15, 0.2) is 77.7 Å². The fourth-order valence-electron chi connectivity index (χ4n) is 3.19. The molecule has 0 fully saturated rings. The number of likely N-dealkylation sites (N-methyl/N-ethyl adjacent to an activating group) is 1. The van der Waals surface area contributed by atoms with Crippen molar-refractivity contribution in [1.29, 1.82) is 0 Å². The zero-order chi connectivity index (χ0) is 24.0. The molecule has 0 saturated heterocycles. The first-order chi connectivity index (χ1) is 15.7. The maximum atomic E-state index is 13.4. The third kappa shape index (κ3) is 6.71. The summed E-state index contributed by atoms with van der Waals surface area (Å²) in [6.45, 7) is -0.00735. The summed E-state index contributed by atoms with van der Waals surface area (Å²) in [5.74, 6) is 0.375. The molecule has 174 valence electrons. The highest BCUT2D eigenvalue weighted by atomic mass is 35.5. The second-order valence-electron chi connectivity index (χ2n) is 7.45. The van der Waals surface area contributed by atoms with Crippen LogP contribution < -0.4 is 4.74 Å². The monoisotopic (exact) mass is 506 g/mol. The van der Waals surface area contributed by atoms with Crippen LogP contribution in [-0.2, 0) is 27.9 Å². The fraction of sp³-hybridized carbons (Fsp3) is 0.208. The zero-order valence-corrected chi connectivity index (χ0v) is 20.6. The van der Waals surface area contributed by atoms with E-state index in [0.29, 0.717) is 22.2 Å². The second-order valence-corrected chi connectivity index (χ2v) is 10.3. The van der Waals surface area contributed by atoms with Gasteiger partial charge in [0.1, 0.15) is 5.75 Å². The lowest BCUT2D eigenvalue weighted by Gasteiger charge is -2.25. The van der Waals surface area contributed by atoms with Gasteiger partial charge in [-0.2, -0.15) is 4.31 Å². The van der Waals surface area contributed by atoms with Gasteiger partial charge in [0.05, 0.1) is 18.6 Å². The first-order valence-electron chi connectivity index (χ1n) is 10.1. The Morgan fingerprint density at radius 1 is 0.879 bits per heavy atom. The molecular weight excluding hydrogens is 483 g/mol. The Bertz CT molecular complexity index is 1200. The number of carbonyl (C=O) groups is 1. The van der Waals surface area contributed by atoms with Crippen molar-refractivity contribution in [2.24, 2.45) is 0 Å². The number of sulfonamides is 1. The average molecular weight is 507 g/mol. The van der Waals surface area contributed by atoms with Crippen LogP contribution in [0.2, 0.25) is 10.0 Å². The summed E-state index contributed by atoms with van der Waals surface area (Å²) in [6, 6.07) is 20.1. The average Bonchev–Trinajstić information content (AvgIpc) is 2.79. The van der Waals surface area contributed by atoms with E-state index in [1.165, 1.54) is 29.2 Å². The Balaban J connectivity index is 1.83. The van der Waals surface area contributed by atoms with Gasteiger partial charge in [-0.1, -0.05) is 47.5 Å². The summed E-state index contributed by atoms with van der Waals surface area (Å²) in [7, 11) is -0.750. The Morgan fingerprint density at radius 2 is 1.55 bits per heavy atom. The van der Waals surface area contributed by atoms with Crippen molar-refractivity contribution in [1.82, 2.24) is 9.21 Å². The Kier molecular flexibility index (Phi) is 8.37. The van der Waals surface area contributed by atoms with Crippen molar-refractivity contribution in [3.63, 3.8) is 0 Å². The van der Waals surface area contributed by atoms with E-state index in [4.69, 9.17) is 27.9 Å². The minimum Gasteiger partial charge on any atom is -0.497 e. The molecule has 0 atom stereocenters. The predicted molar refractivity (Wildman–Crippen MR) is 130 cm³/mol. The molecule has 0 aliphatic heterocycles. The van der Waals surface area contributed by atoms with Crippen LogP contribution >= 0.6 is 23.2 Å². The van der Waals surface area contributed by atoms with Crippen LogP contribution in [0, 0.1) is 0 Å². The van der Waals surface area contributed by atoms with Crippen molar-refractivity contribution in [2.45, 2.75) is 18.0 Å². The fourth-order valence-corrected chi connectivity index (χ4v) is 4.90. The normalized spacial score (nSPS) is 11.4. The number of nitrogens with zero attached hydrogens (tertiary/aromatic N) is 2. The van der Waals surface area contributed by atoms with Gasteiger partial charge in [-0.05, 0) is 59.7 Å². The third-order valence-electron chi connectivity index (χ3n) is 5.02. The van der Waals surface area contributed by atoms with Crippen molar-refractivity contribution < 1.29 is 17.9 Å². The highest BCUT2D eigenvalue weighted by Crippen LogP contribution is 2.22. The van der Waals surface area contributed by atoms with Crippen LogP contribution in [-0.4, -0.2) is 44.2 Å². The topological polar surface area (TPSA) is 66.9 Å². The maximum absolute atomic E-state index is 13.4. The largest absolute Gasteiger partial charge is 0.497 e. The number of hydrogen-bond donors (Lipinski definition) is 0. The molecule has 9 heteroatoms. The number of carbonyl (C=O) groups excluding carboxylic acids is 1. The zero-order valence-electron chi connectivity index (χ0n) is 18.2. The number of hydrogen-bond acceptors (Lipinski definition) is 4. The van der Waals surface area contributed by atoms with Gasteiger partial charge >= 0.3 is 0 Å². The highest BCUT2D eigenvalue weighted by molar-refractivity contribution is 7.89. The van der Waals surface area contributed by atoms with E-state index >= 15 is 0 Å². The summed E-state index contributed by atoms with van der Waals surface area (Å²) in [5, 5.41) is 0.907. The first-order valence-corrected chi connectivity index (χ1v) is 12.3. The summed E-state index contributed by atoms with van der Waals surface area (Å²) in [4.78, 5) is 14.6. The number of amides is 1. The molecule has 0 aliphatic carbocycles. The molecule has 0 N–H and O–H groups in total. The predicted octanol–water partition coefficient (Wildman–Crippen LogP) is 4.85. The molecule has 0 spiro atoms. The standard InChI is InChI=1S/C24H24Cl2N2O4S/c1-27(15-18-6-10-22(32-2)11-7-18)24(29)17-28(16-19-4-3-5-21(26)14-19)33(30,31)23-12-8-20(25)9-13-23/h3-14H,15-17H2,1-2H3. The summed E-state index contributed by atoms with van der Waals surface area (Å²) in [5.41, 5.74) is 1.57. The molecule has 3 aromatic carbocycles. The second kappa shape index (κ2) is 11.0. The van der Waals surface area contributed by atoms with Crippen molar-refractivity contribution >= 4 is 39.1 Å². The van der Waals surface area contributed by atoms with Crippen molar-refractivity contribution in [3.8, 4) is 5.75 Å². The number of ether oxygens (including phenoxy) is 1. The molecule has 0 heterocycles. The molecule has 0 radical (unpaired) electrons. The van der Waals surface area contributed by atoms with Gasteiger partial charge in [-0.3, -0.25) is 4.79 Å². The van der Waals surface area contributed by atoms with Gasteiger partial charge in [0.15, 0.2) is 0 Å². The molecule has 33 heavy (non-hydrogen) atoms. The molecule has 0 aliphatic rings. The summed E-state index contributed by atoms with van der Waals surface area (Å²) >= 11 is 12.0. The van der Waals surface area contributed by atoms with E-state index in [9.17, 15) is 13.2 Å². The molecule has 0 aromatic heterocycles. The lowest BCUT2D eigenvalue weighted by Crippen LogP contribution is -2.40. The maximum Gasteiger partial charge on any atom is 0.243 e. The molecule has 6 nitrogen and oxygen atoms in total. The van der Waals surface area contributed by atoms with Crippen LogP contribution in [0.5, 0.6) is 5.75 Å². The SMILES string of the molecule is COc1ccc(CN(C)C(=O)CN(Cc2cccc(Cl)c2)S(=O)(=O)c2ccc(Cl)cc2)cc1. The molecule has 1 amide bonds. The molecule has 0 unspecified atom stereocenters. The molecule has 0 saturated carbocycles. The Labute approximate surface area is 204 Å². The first kappa shape index (κ1) is 25.1. The Hall–Kier alpha value is -2.58. The minimum absolute atomic E-state index is 0.00631. The Morgan fingerprint density at radius 3 is 2.15 bits per heavy atom. The summed E-state index contributed by atoms with van der Waals surface area (Å²) in [6.07, 6.45) is 0. The van der Waals surface area contributed by atoms with Crippen molar-refractivity contribution in [2.75, 3.05) is 20.7 Å². The van der Waals surface area contributed by atoms with Gasteiger partial charge in [0.2, 0.25) is 15.9 Å². The molecular formula is C24H24Cl2N2O4S. The quantitative estimate of drug-likeness (QED) is 0.415. The van der Waals surface area contributed by atoms with Gasteiger partial charge in [0.25, 0.3) is 0 Å². The number of rotatable bonds is 9. The van der Waals surface area contributed by atoms with Crippen LogP contribution in [0.1, 0.15) is 11.1 Å². The van der Waals surface area contributed by atoms with E-state index in [2.05, 4.69) is 0 Å².